The van der Waals surface area contributed by atoms with Crippen LogP contribution in [-0.4, -0.2) is 66.7 Å². The number of rotatable bonds is 9. The minimum Gasteiger partial charge on any atom is -0.475 e. The summed E-state index contributed by atoms with van der Waals surface area (Å²) in [6.45, 7) is 4.39. The molecule has 192 valence electrons. The van der Waals surface area contributed by atoms with Crippen LogP contribution >= 0.6 is 0 Å². The summed E-state index contributed by atoms with van der Waals surface area (Å²) in [4.78, 5) is 15.3. The number of halogens is 2. The van der Waals surface area contributed by atoms with Crippen LogP contribution in [0.2, 0.25) is 0 Å². The van der Waals surface area contributed by atoms with Crippen molar-refractivity contribution in [1.82, 2.24) is 20.0 Å². The standard InChI is InChI=1S/C25H30F2N6O3/c1-3-36-24-22(28)23(33(31-24)17-7-5-4-6-8-17)30-25(34)29-21-15-32(11-12-35-2)14-18(21)16-9-10-19(26)20(27)13-16/h4-10,13,18,21H,3,11-12,14-15,28H2,1-2H3,(H2,29,30,34)/t18-,21+/m0/s1. The van der Waals surface area contributed by atoms with Crippen molar-refractivity contribution in [3.8, 4) is 11.6 Å². The van der Waals surface area contributed by atoms with E-state index in [-0.39, 0.29) is 29.3 Å². The maximum Gasteiger partial charge on any atom is 0.320 e. The average Bonchev–Trinajstić information content (AvgIpc) is 3.41. The number of nitrogens with one attached hydrogen (secondary N) is 2. The van der Waals surface area contributed by atoms with Gasteiger partial charge in [-0.1, -0.05) is 24.3 Å². The molecule has 0 bridgehead atoms. The normalized spacial score (nSPS) is 17.8. The number of anilines is 2. The summed E-state index contributed by atoms with van der Waals surface area (Å²) in [7, 11) is 1.61. The minimum atomic E-state index is -0.922. The molecule has 0 saturated carbocycles. The first kappa shape index (κ1) is 25.4. The molecule has 1 aromatic heterocycles. The quantitative estimate of drug-likeness (QED) is 0.416. The molecule has 11 heteroatoms. The minimum absolute atomic E-state index is 0.196. The lowest BCUT2D eigenvalue weighted by atomic mass is 9.94. The summed E-state index contributed by atoms with van der Waals surface area (Å²) in [5, 5.41) is 10.2. The van der Waals surface area contributed by atoms with Crippen LogP contribution < -0.4 is 21.1 Å². The molecule has 4 N–H and O–H groups in total. The van der Waals surface area contributed by atoms with E-state index in [1.807, 2.05) is 37.3 Å². The third kappa shape index (κ3) is 5.58. The Hall–Kier alpha value is -3.70. The van der Waals surface area contributed by atoms with Crippen LogP contribution in [0.1, 0.15) is 18.4 Å². The predicted molar refractivity (Wildman–Crippen MR) is 133 cm³/mol. The monoisotopic (exact) mass is 500 g/mol. The number of methoxy groups -OCH3 is 1. The van der Waals surface area contributed by atoms with E-state index in [2.05, 4.69) is 20.6 Å². The van der Waals surface area contributed by atoms with Crippen molar-refractivity contribution in [2.75, 3.05) is 51.0 Å². The van der Waals surface area contributed by atoms with Crippen LogP contribution in [0.4, 0.5) is 25.1 Å². The van der Waals surface area contributed by atoms with E-state index in [0.717, 1.165) is 6.07 Å². The fraction of sp³-hybridized carbons (Fsp3) is 0.360. The molecular weight excluding hydrogens is 470 g/mol. The number of nitrogens with two attached hydrogens (primary N) is 1. The maximum atomic E-state index is 14.0. The molecule has 1 aliphatic rings. The molecule has 2 heterocycles. The van der Waals surface area contributed by atoms with E-state index in [1.54, 1.807) is 13.2 Å². The van der Waals surface area contributed by atoms with Crippen molar-refractivity contribution in [1.29, 1.82) is 0 Å². The number of ether oxygens (including phenoxy) is 2. The molecule has 4 rings (SSSR count). The van der Waals surface area contributed by atoms with Crippen molar-refractivity contribution >= 4 is 17.5 Å². The Balaban J connectivity index is 1.56. The number of urea groups is 1. The molecule has 0 radical (unpaired) electrons. The van der Waals surface area contributed by atoms with Crippen LogP contribution in [0.25, 0.3) is 5.69 Å². The third-order valence-electron chi connectivity index (χ3n) is 6.10. The van der Waals surface area contributed by atoms with Gasteiger partial charge in [0.15, 0.2) is 17.5 Å². The Kier molecular flexibility index (Phi) is 8.01. The average molecular weight is 501 g/mol. The lowest BCUT2D eigenvalue weighted by Gasteiger charge is -2.21. The Morgan fingerprint density at radius 1 is 1.17 bits per heavy atom. The van der Waals surface area contributed by atoms with Gasteiger partial charge in [0.1, 0.15) is 5.69 Å². The number of carbonyl (C=O) groups excluding carboxylic acids is 1. The SMILES string of the molecule is CCOc1nn(-c2ccccc2)c(NC(=O)N[C@@H]2CN(CCOC)C[C@H]2c2ccc(F)c(F)c2)c1N. The molecule has 2 aromatic carbocycles. The highest BCUT2D eigenvalue weighted by molar-refractivity contribution is 5.93. The molecule has 36 heavy (non-hydrogen) atoms. The lowest BCUT2D eigenvalue weighted by Crippen LogP contribution is -2.42. The van der Waals surface area contributed by atoms with Gasteiger partial charge in [-0.25, -0.2) is 18.3 Å². The summed E-state index contributed by atoms with van der Waals surface area (Å²) in [6.07, 6.45) is 0. The van der Waals surface area contributed by atoms with Crippen LogP contribution in [-0.2, 0) is 4.74 Å². The fourth-order valence-corrected chi connectivity index (χ4v) is 4.36. The molecule has 0 unspecified atom stereocenters. The number of amides is 2. The van der Waals surface area contributed by atoms with Gasteiger partial charge in [-0.3, -0.25) is 10.2 Å². The van der Waals surface area contributed by atoms with E-state index in [4.69, 9.17) is 15.2 Å². The fourth-order valence-electron chi connectivity index (χ4n) is 4.36. The van der Waals surface area contributed by atoms with Crippen molar-refractivity contribution in [2.24, 2.45) is 0 Å². The first-order valence-electron chi connectivity index (χ1n) is 11.7. The van der Waals surface area contributed by atoms with Gasteiger partial charge < -0.3 is 20.5 Å². The molecule has 1 saturated heterocycles. The second-order valence-corrected chi connectivity index (χ2v) is 8.49. The highest BCUT2D eigenvalue weighted by Gasteiger charge is 2.35. The molecule has 1 aliphatic heterocycles. The summed E-state index contributed by atoms with van der Waals surface area (Å²) >= 11 is 0. The van der Waals surface area contributed by atoms with Gasteiger partial charge in [0.2, 0.25) is 0 Å². The number of benzene rings is 2. The molecular formula is C25H30F2N6O3. The lowest BCUT2D eigenvalue weighted by molar-refractivity contribution is 0.159. The zero-order chi connectivity index (χ0) is 25.7. The Labute approximate surface area is 208 Å². The Bertz CT molecular complexity index is 1190. The number of nitrogen functional groups attached to an aromatic ring is 1. The van der Waals surface area contributed by atoms with Gasteiger partial charge >= 0.3 is 6.03 Å². The van der Waals surface area contributed by atoms with Gasteiger partial charge in [0, 0.05) is 32.7 Å². The maximum absolute atomic E-state index is 14.0. The molecule has 2 amide bonds. The highest BCUT2D eigenvalue weighted by atomic mass is 19.2. The van der Waals surface area contributed by atoms with Crippen LogP contribution in [0, 0.1) is 11.6 Å². The van der Waals surface area contributed by atoms with Gasteiger partial charge in [-0.15, -0.1) is 5.10 Å². The van der Waals surface area contributed by atoms with Crippen LogP contribution in [0.15, 0.2) is 48.5 Å². The van der Waals surface area contributed by atoms with E-state index in [9.17, 15) is 13.6 Å². The molecule has 0 spiro atoms. The number of carbonyl (C=O) groups is 1. The third-order valence-corrected chi connectivity index (χ3v) is 6.10. The first-order valence-corrected chi connectivity index (χ1v) is 11.7. The number of nitrogens with zero attached hydrogens (tertiary/aromatic N) is 3. The summed E-state index contributed by atoms with van der Waals surface area (Å²) in [5.41, 5.74) is 7.75. The Morgan fingerprint density at radius 3 is 2.64 bits per heavy atom. The van der Waals surface area contributed by atoms with Gasteiger partial charge in [-0.05, 0) is 36.8 Å². The van der Waals surface area contributed by atoms with Crippen molar-refractivity contribution in [2.45, 2.75) is 18.9 Å². The van der Waals surface area contributed by atoms with Crippen LogP contribution in [0.3, 0.4) is 0 Å². The topological polar surface area (TPSA) is 107 Å². The zero-order valence-electron chi connectivity index (χ0n) is 20.2. The largest absolute Gasteiger partial charge is 0.475 e. The molecule has 2 atom stereocenters. The number of hydrogen-bond donors (Lipinski definition) is 3. The Morgan fingerprint density at radius 2 is 1.94 bits per heavy atom. The van der Waals surface area contributed by atoms with E-state index < -0.39 is 17.7 Å². The second-order valence-electron chi connectivity index (χ2n) is 8.49. The predicted octanol–water partition coefficient (Wildman–Crippen LogP) is 3.37. The number of likely N-dealkylation sites (tertiary alicyclic amines) is 1. The number of aromatic nitrogens is 2. The summed E-state index contributed by atoms with van der Waals surface area (Å²) in [5.74, 6) is -1.61. The van der Waals surface area contributed by atoms with Crippen molar-refractivity contribution in [3.63, 3.8) is 0 Å². The molecule has 3 aromatic rings. The van der Waals surface area contributed by atoms with E-state index in [0.29, 0.717) is 44.1 Å². The van der Waals surface area contributed by atoms with Gasteiger partial charge in [-0.2, -0.15) is 0 Å². The van der Waals surface area contributed by atoms with E-state index >= 15 is 0 Å². The number of hydrogen-bond acceptors (Lipinski definition) is 6. The second kappa shape index (κ2) is 11.4. The zero-order valence-corrected chi connectivity index (χ0v) is 20.2. The van der Waals surface area contributed by atoms with Gasteiger partial charge in [0.25, 0.3) is 5.88 Å². The summed E-state index contributed by atoms with van der Waals surface area (Å²) in [6, 6.07) is 12.2. The van der Waals surface area contributed by atoms with Gasteiger partial charge in [0.05, 0.1) is 24.9 Å². The molecule has 1 fully saturated rings. The molecule has 0 aliphatic carbocycles. The van der Waals surface area contributed by atoms with Crippen LogP contribution in [0.5, 0.6) is 5.88 Å². The van der Waals surface area contributed by atoms with Crippen molar-refractivity contribution < 1.29 is 23.0 Å². The smallest absolute Gasteiger partial charge is 0.320 e. The van der Waals surface area contributed by atoms with Crippen molar-refractivity contribution in [3.05, 3.63) is 65.7 Å². The molecule has 9 nitrogen and oxygen atoms in total. The highest BCUT2D eigenvalue weighted by Crippen LogP contribution is 2.32. The number of para-hydroxylation sites is 1. The van der Waals surface area contributed by atoms with E-state index in [1.165, 1.54) is 10.7 Å². The first-order chi connectivity index (χ1) is 17.4. The summed E-state index contributed by atoms with van der Waals surface area (Å²) < 4.78 is 39.7.